The standard InChI is InChI=1S/C12H13Br/c1-11(9-10-13)7-8-12-5-3-2-4-6-12/h2-9H,10H2,1H3/b8-7-,11-9-. The highest BCUT2D eigenvalue weighted by molar-refractivity contribution is 9.09. The number of allylic oxidation sites excluding steroid dienone is 3. The minimum Gasteiger partial charge on any atom is -0.0883 e. The summed E-state index contributed by atoms with van der Waals surface area (Å²) in [6.45, 7) is 2.10. The van der Waals surface area contributed by atoms with Crippen molar-refractivity contribution in [2.75, 3.05) is 5.33 Å². The van der Waals surface area contributed by atoms with Gasteiger partial charge in [-0.3, -0.25) is 0 Å². The van der Waals surface area contributed by atoms with Gasteiger partial charge in [0.25, 0.3) is 0 Å². The summed E-state index contributed by atoms with van der Waals surface area (Å²) in [5.74, 6) is 0. The van der Waals surface area contributed by atoms with Gasteiger partial charge in [-0.1, -0.05) is 70.1 Å². The van der Waals surface area contributed by atoms with E-state index in [1.165, 1.54) is 11.1 Å². The second-order valence-corrected chi connectivity index (χ2v) is 3.49. The first-order valence-corrected chi connectivity index (χ1v) is 5.41. The van der Waals surface area contributed by atoms with Gasteiger partial charge in [0, 0.05) is 5.33 Å². The lowest BCUT2D eigenvalue weighted by Crippen LogP contribution is -1.71. The minimum atomic E-state index is 0.915. The number of hydrogen-bond acceptors (Lipinski definition) is 0. The molecule has 0 atom stereocenters. The molecule has 0 unspecified atom stereocenters. The maximum atomic E-state index is 3.37. The van der Waals surface area contributed by atoms with Crippen molar-refractivity contribution < 1.29 is 0 Å². The van der Waals surface area contributed by atoms with Gasteiger partial charge >= 0.3 is 0 Å². The van der Waals surface area contributed by atoms with Crippen molar-refractivity contribution in [3.8, 4) is 0 Å². The van der Waals surface area contributed by atoms with Crippen LogP contribution in [0.25, 0.3) is 6.08 Å². The maximum Gasteiger partial charge on any atom is 0.0217 e. The second-order valence-electron chi connectivity index (χ2n) is 2.85. The lowest BCUT2D eigenvalue weighted by Gasteiger charge is -1.92. The molecule has 0 N–H and O–H groups in total. The van der Waals surface area contributed by atoms with Gasteiger partial charge < -0.3 is 0 Å². The van der Waals surface area contributed by atoms with Crippen LogP contribution in [0.4, 0.5) is 0 Å². The average molecular weight is 237 g/mol. The summed E-state index contributed by atoms with van der Waals surface area (Å²) in [5.41, 5.74) is 2.52. The van der Waals surface area contributed by atoms with E-state index in [0.29, 0.717) is 0 Å². The van der Waals surface area contributed by atoms with Gasteiger partial charge in [0.2, 0.25) is 0 Å². The molecule has 1 rings (SSSR count). The van der Waals surface area contributed by atoms with E-state index in [0.717, 1.165) is 5.33 Å². The molecule has 1 heteroatoms. The Kier molecular flexibility index (Phi) is 4.55. The van der Waals surface area contributed by atoms with Crippen LogP contribution in [0.2, 0.25) is 0 Å². The van der Waals surface area contributed by atoms with E-state index < -0.39 is 0 Å². The summed E-state index contributed by atoms with van der Waals surface area (Å²) in [6.07, 6.45) is 6.38. The fourth-order valence-corrected chi connectivity index (χ4v) is 1.49. The molecule has 0 fully saturated rings. The monoisotopic (exact) mass is 236 g/mol. The first-order chi connectivity index (χ1) is 6.33. The van der Waals surface area contributed by atoms with Crippen molar-refractivity contribution in [3.63, 3.8) is 0 Å². The Hall–Kier alpha value is -0.820. The highest BCUT2D eigenvalue weighted by Crippen LogP contribution is 2.04. The number of rotatable bonds is 3. The maximum absolute atomic E-state index is 3.37. The van der Waals surface area contributed by atoms with Crippen LogP contribution in [0, 0.1) is 0 Å². The Morgan fingerprint density at radius 1 is 1.31 bits per heavy atom. The molecular weight excluding hydrogens is 224 g/mol. The van der Waals surface area contributed by atoms with Crippen LogP contribution in [-0.4, -0.2) is 5.33 Å². The molecular formula is C12H13Br. The molecule has 0 nitrogen and oxygen atoms in total. The molecule has 0 spiro atoms. The largest absolute Gasteiger partial charge is 0.0883 e. The first-order valence-electron chi connectivity index (χ1n) is 4.29. The van der Waals surface area contributed by atoms with Gasteiger partial charge in [-0.15, -0.1) is 0 Å². The molecule has 0 saturated heterocycles. The zero-order valence-electron chi connectivity index (χ0n) is 7.70. The van der Waals surface area contributed by atoms with Crippen LogP contribution in [-0.2, 0) is 0 Å². The molecule has 1 aromatic rings. The van der Waals surface area contributed by atoms with E-state index in [-0.39, 0.29) is 0 Å². The highest BCUT2D eigenvalue weighted by Gasteiger charge is 1.83. The van der Waals surface area contributed by atoms with Crippen molar-refractivity contribution in [1.82, 2.24) is 0 Å². The van der Waals surface area contributed by atoms with E-state index in [1.54, 1.807) is 0 Å². The van der Waals surface area contributed by atoms with Crippen molar-refractivity contribution in [2.45, 2.75) is 6.92 Å². The third-order valence-corrected chi connectivity index (χ3v) is 2.06. The van der Waals surface area contributed by atoms with E-state index in [4.69, 9.17) is 0 Å². The fourth-order valence-electron chi connectivity index (χ4n) is 0.982. The lowest BCUT2D eigenvalue weighted by molar-refractivity contribution is 1.50. The van der Waals surface area contributed by atoms with Gasteiger partial charge in [0.1, 0.15) is 0 Å². The average Bonchev–Trinajstić information content (AvgIpc) is 2.17. The van der Waals surface area contributed by atoms with E-state index in [1.807, 2.05) is 18.2 Å². The van der Waals surface area contributed by atoms with Crippen LogP contribution >= 0.6 is 15.9 Å². The zero-order chi connectivity index (χ0) is 9.52. The van der Waals surface area contributed by atoms with Crippen LogP contribution in [0.1, 0.15) is 12.5 Å². The number of hydrogen-bond donors (Lipinski definition) is 0. The molecule has 0 aliphatic rings. The molecule has 68 valence electrons. The van der Waals surface area contributed by atoms with E-state index in [2.05, 4.69) is 53.2 Å². The molecule has 0 amide bonds. The Bertz CT molecular complexity index is 296. The van der Waals surface area contributed by atoms with Crippen molar-refractivity contribution in [3.05, 3.63) is 53.6 Å². The topological polar surface area (TPSA) is 0 Å². The Labute approximate surface area is 88.1 Å². The molecule has 0 radical (unpaired) electrons. The van der Waals surface area contributed by atoms with Gasteiger partial charge in [-0.25, -0.2) is 0 Å². The molecule has 0 aromatic heterocycles. The Morgan fingerprint density at radius 2 is 2.00 bits per heavy atom. The van der Waals surface area contributed by atoms with Gasteiger partial charge in [0.15, 0.2) is 0 Å². The molecule has 0 saturated carbocycles. The van der Waals surface area contributed by atoms with E-state index in [9.17, 15) is 0 Å². The van der Waals surface area contributed by atoms with Crippen molar-refractivity contribution >= 4 is 22.0 Å². The lowest BCUT2D eigenvalue weighted by atomic mass is 10.2. The van der Waals surface area contributed by atoms with Crippen molar-refractivity contribution in [1.29, 1.82) is 0 Å². The quantitative estimate of drug-likeness (QED) is 0.549. The SMILES string of the molecule is CC(/C=C\c1ccccc1)=C/CBr. The number of alkyl halides is 1. The van der Waals surface area contributed by atoms with Gasteiger partial charge in [-0.05, 0) is 12.5 Å². The highest BCUT2D eigenvalue weighted by atomic mass is 79.9. The number of benzene rings is 1. The van der Waals surface area contributed by atoms with Crippen LogP contribution in [0.3, 0.4) is 0 Å². The second kappa shape index (κ2) is 5.76. The summed E-state index contributed by atoms with van der Waals surface area (Å²) < 4.78 is 0. The van der Waals surface area contributed by atoms with Gasteiger partial charge in [-0.2, -0.15) is 0 Å². The molecule has 0 heterocycles. The minimum absolute atomic E-state index is 0.915. The predicted octanol–water partition coefficient (Wildman–Crippen LogP) is 4.04. The molecule has 0 aliphatic carbocycles. The van der Waals surface area contributed by atoms with Crippen molar-refractivity contribution in [2.24, 2.45) is 0 Å². The Morgan fingerprint density at radius 3 is 2.62 bits per heavy atom. The van der Waals surface area contributed by atoms with Crippen LogP contribution < -0.4 is 0 Å². The molecule has 1 aromatic carbocycles. The molecule has 0 aliphatic heterocycles. The fraction of sp³-hybridized carbons (Fsp3) is 0.167. The predicted molar refractivity (Wildman–Crippen MR) is 63.0 cm³/mol. The molecule has 0 bridgehead atoms. The summed E-state index contributed by atoms with van der Waals surface area (Å²) in [7, 11) is 0. The summed E-state index contributed by atoms with van der Waals surface area (Å²) >= 11 is 3.37. The smallest absolute Gasteiger partial charge is 0.0217 e. The third-order valence-electron chi connectivity index (χ3n) is 1.74. The summed E-state index contributed by atoms with van der Waals surface area (Å²) in [4.78, 5) is 0. The van der Waals surface area contributed by atoms with Crippen LogP contribution in [0.5, 0.6) is 0 Å². The Balaban J connectivity index is 2.64. The molecule has 13 heavy (non-hydrogen) atoms. The summed E-state index contributed by atoms with van der Waals surface area (Å²) in [6, 6.07) is 10.3. The van der Waals surface area contributed by atoms with E-state index >= 15 is 0 Å². The number of halogens is 1. The first kappa shape index (κ1) is 10.3. The van der Waals surface area contributed by atoms with Crippen LogP contribution in [0.15, 0.2) is 48.1 Å². The summed E-state index contributed by atoms with van der Waals surface area (Å²) in [5, 5.41) is 0.915. The normalized spacial score (nSPS) is 12.3. The third kappa shape index (κ3) is 4.09. The zero-order valence-corrected chi connectivity index (χ0v) is 9.29. The van der Waals surface area contributed by atoms with Gasteiger partial charge in [0.05, 0.1) is 0 Å².